The first-order chi connectivity index (χ1) is 20.1. The van der Waals surface area contributed by atoms with E-state index in [1.807, 2.05) is 6.07 Å². The number of thiophene rings is 1. The summed E-state index contributed by atoms with van der Waals surface area (Å²) >= 11 is 2.49. The van der Waals surface area contributed by atoms with Crippen LogP contribution in [0.25, 0.3) is 0 Å². The van der Waals surface area contributed by atoms with Gasteiger partial charge in [-0.2, -0.15) is 5.26 Å². The van der Waals surface area contributed by atoms with Crippen molar-refractivity contribution in [2.45, 2.75) is 36.5 Å². The van der Waals surface area contributed by atoms with Crippen LogP contribution in [0.4, 0.5) is 16.4 Å². The molecule has 4 amide bonds. The van der Waals surface area contributed by atoms with Crippen LogP contribution < -0.4 is 16.0 Å². The number of anilines is 3. The maximum absolute atomic E-state index is 13.0. The van der Waals surface area contributed by atoms with Crippen molar-refractivity contribution < 1.29 is 28.7 Å². The average Bonchev–Trinajstić information content (AvgIpc) is 3.45. The number of thioether (sulfide) groups is 1. The number of carbonyl (C=O) groups excluding carboxylic acids is 5. The number of nitrogens with two attached hydrogens (primary N) is 1. The highest BCUT2D eigenvalue weighted by Crippen LogP contribution is 2.37. The Morgan fingerprint density at radius 2 is 1.95 bits per heavy atom. The van der Waals surface area contributed by atoms with E-state index in [0.29, 0.717) is 41.4 Å². The quantitative estimate of drug-likeness (QED) is 0.234. The molecule has 2 aliphatic heterocycles. The average molecular weight is 604 g/mol. The van der Waals surface area contributed by atoms with E-state index in [-0.39, 0.29) is 29.7 Å². The molecule has 2 aliphatic rings. The molecule has 2 aromatic carbocycles. The van der Waals surface area contributed by atoms with Crippen molar-refractivity contribution in [2.24, 2.45) is 0 Å². The van der Waals surface area contributed by atoms with E-state index in [9.17, 15) is 29.2 Å². The van der Waals surface area contributed by atoms with Crippen molar-refractivity contribution in [3.8, 4) is 6.07 Å². The van der Waals surface area contributed by atoms with Gasteiger partial charge in [0.25, 0.3) is 5.91 Å². The third kappa shape index (κ3) is 6.00. The molecular weight excluding hydrogens is 578 g/mol. The smallest absolute Gasteiger partial charge is 0.338 e. The number of imide groups is 1. The molecule has 5 rings (SSSR count). The lowest BCUT2D eigenvalue weighted by Gasteiger charge is -2.25. The van der Waals surface area contributed by atoms with Crippen LogP contribution in [0.2, 0.25) is 0 Å². The number of nitrogens with zero attached hydrogens (tertiary/aromatic N) is 3. The van der Waals surface area contributed by atoms with Crippen LogP contribution in [0.3, 0.4) is 0 Å². The number of carbonyl (C=O) groups is 5. The molecule has 0 saturated carbocycles. The molecule has 0 aliphatic carbocycles. The fourth-order valence-corrected chi connectivity index (χ4v) is 7.07. The highest BCUT2D eigenvalue weighted by atomic mass is 32.2. The van der Waals surface area contributed by atoms with Gasteiger partial charge in [0.05, 0.1) is 28.6 Å². The summed E-state index contributed by atoms with van der Waals surface area (Å²) in [5.74, 6) is -2.16. The minimum atomic E-state index is -0.769. The predicted octanol–water partition coefficient (Wildman–Crippen LogP) is 3.33. The Labute approximate surface area is 249 Å². The number of amides is 4. The molecule has 3 aromatic rings. The fraction of sp³-hybridized carbons (Fsp3) is 0.241. The van der Waals surface area contributed by atoms with Crippen LogP contribution in [0, 0.1) is 11.3 Å². The largest absolute Gasteiger partial charge is 0.452 e. The molecule has 11 nitrogen and oxygen atoms in total. The number of nitrogens with one attached hydrogen (secondary N) is 1. The molecule has 0 radical (unpaired) electrons. The Hall–Kier alpha value is -4.67. The standard InChI is InChI=1S/C29H25N5O6S2/c1-16(35)33-10-9-21-22(13-30)27(42-24(21)14-33)32-25(36)15-40-29(39)17-5-7-19(8-6-17)34-26(37)12-23(28(34)38)41-20-4-2-3-18(31)11-20/h2-8,11,23H,9-10,12,14-15,31H2,1H3,(H,32,36). The summed E-state index contributed by atoms with van der Waals surface area (Å²) in [5, 5.41) is 12.0. The van der Waals surface area contributed by atoms with Crippen molar-refractivity contribution in [3.05, 3.63) is 70.1 Å². The Bertz CT molecular complexity index is 1640. The van der Waals surface area contributed by atoms with Crippen molar-refractivity contribution in [1.29, 1.82) is 5.26 Å². The molecule has 0 bridgehead atoms. The van der Waals surface area contributed by atoms with Crippen LogP contribution in [0.15, 0.2) is 53.4 Å². The summed E-state index contributed by atoms with van der Waals surface area (Å²) in [6, 6.07) is 15.0. The first-order valence-corrected chi connectivity index (χ1v) is 14.6. The molecule has 1 fully saturated rings. The van der Waals surface area contributed by atoms with Gasteiger partial charge >= 0.3 is 5.97 Å². The zero-order valence-electron chi connectivity index (χ0n) is 22.4. The minimum Gasteiger partial charge on any atom is -0.452 e. The van der Waals surface area contributed by atoms with Gasteiger partial charge in [-0.25, -0.2) is 9.69 Å². The van der Waals surface area contributed by atoms with Gasteiger partial charge in [0.1, 0.15) is 11.1 Å². The number of nitrogen functional groups attached to an aromatic ring is 1. The number of fused-ring (bicyclic) bond motifs is 1. The molecule has 3 heterocycles. The molecule has 1 unspecified atom stereocenters. The zero-order valence-corrected chi connectivity index (χ0v) is 24.0. The molecule has 42 heavy (non-hydrogen) atoms. The molecule has 1 saturated heterocycles. The second-order valence-corrected chi connectivity index (χ2v) is 12.0. The summed E-state index contributed by atoms with van der Waals surface area (Å²) in [6.07, 6.45) is 0.554. The molecule has 214 valence electrons. The van der Waals surface area contributed by atoms with Gasteiger partial charge in [-0.05, 0) is 54.4 Å². The lowest BCUT2D eigenvalue weighted by atomic mass is 10.0. The monoisotopic (exact) mass is 603 g/mol. The van der Waals surface area contributed by atoms with Crippen molar-refractivity contribution in [3.63, 3.8) is 0 Å². The molecule has 0 spiro atoms. The van der Waals surface area contributed by atoms with Crippen LogP contribution in [0.1, 0.15) is 39.7 Å². The van der Waals surface area contributed by atoms with E-state index in [4.69, 9.17) is 10.5 Å². The van der Waals surface area contributed by atoms with Gasteiger partial charge in [-0.1, -0.05) is 6.07 Å². The molecule has 3 N–H and O–H groups in total. The van der Waals surface area contributed by atoms with Gasteiger partial charge in [-0.15, -0.1) is 23.1 Å². The number of benzene rings is 2. The van der Waals surface area contributed by atoms with Gasteiger partial charge < -0.3 is 20.7 Å². The Kier molecular flexibility index (Phi) is 8.28. The summed E-state index contributed by atoms with van der Waals surface area (Å²) in [5.41, 5.74) is 8.00. The van der Waals surface area contributed by atoms with Crippen molar-refractivity contribution in [2.75, 3.05) is 29.1 Å². The zero-order chi connectivity index (χ0) is 30.0. The molecular formula is C29H25N5O6S2. The third-order valence-corrected chi connectivity index (χ3v) is 9.12. The minimum absolute atomic E-state index is 0.0347. The predicted molar refractivity (Wildman–Crippen MR) is 157 cm³/mol. The van der Waals surface area contributed by atoms with E-state index in [0.717, 1.165) is 20.2 Å². The Morgan fingerprint density at radius 1 is 1.19 bits per heavy atom. The molecule has 13 heteroatoms. The van der Waals surface area contributed by atoms with Crippen LogP contribution >= 0.6 is 23.1 Å². The van der Waals surface area contributed by atoms with E-state index in [1.54, 1.807) is 23.1 Å². The third-order valence-electron chi connectivity index (χ3n) is 6.80. The lowest BCUT2D eigenvalue weighted by Crippen LogP contribution is -2.33. The fourth-order valence-electron chi connectivity index (χ4n) is 4.72. The van der Waals surface area contributed by atoms with Crippen molar-refractivity contribution >= 4 is 69.1 Å². The number of hydrogen-bond donors (Lipinski definition) is 2. The van der Waals surface area contributed by atoms with E-state index >= 15 is 0 Å². The highest BCUT2D eigenvalue weighted by Gasteiger charge is 2.40. The van der Waals surface area contributed by atoms with Gasteiger partial charge in [-0.3, -0.25) is 19.2 Å². The second kappa shape index (κ2) is 12.1. The van der Waals surface area contributed by atoms with Crippen LogP contribution in [-0.2, 0) is 36.9 Å². The van der Waals surface area contributed by atoms with Gasteiger partial charge in [0.2, 0.25) is 17.7 Å². The van der Waals surface area contributed by atoms with Crippen LogP contribution in [-0.4, -0.2) is 52.9 Å². The number of hydrogen-bond acceptors (Lipinski definition) is 10. The maximum Gasteiger partial charge on any atom is 0.338 e. The molecule has 1 atom stereocenters. The number of rotatable bonds is 7. The SMILES string of the molecule is CC(=O)N1CCc2c(sc(NC(=O)COC(=O)c3ccc(N4C(=O)CC(Sc5cccc(N)c5)C4=O)cc3)c2C#N)C1. The van der Waals surface area contributed by atoms with E-state index in [1.165, 1.54) is 54.3 Å². The van der Waals surface area contributed by atoms with Crippen LogP contribution in [0.5, 0.6) is 0 Å². The number of nitriles is 1. The number of ether oxygens (including phenoxy) is 1. The highest BCUT2D eigenvalue weighted by molar-refractivity contribution is 8.00. The first-order valence-electron chi connectivity index (χ1n) is 12.9. The number of esters is 1. The lowest BCUT2D eigenvalue weighted by molar-refractivity contribution is -0.129. The Morgan fingerprint density at radius 3 is 2.64 bits per heavy atom. The Balaban J connectivity index is 1.17. The normalized spacial score (nSPS) is 16.1. The summed E-state index contributed by atoms with van der Waals surface area (Å²) < 4.78 is 5.14. The van der Waals surface area contributed by atoms with Gasteiger partial charge in [0, 0.05) is 35.3 Å². The molecule has 1 aromatic heterocycles. The summed E-state index contributed by atoms with van der Waals surface area (Å²) in [6.45, 7) is 1.78. The van der Waals surface area contributed by atoms with E-state index in [2.05, 4.69) is 11.4 Å². The van der Waals surface area contributed by atoms with Crippen molar-refractivity contribution in [1.82, 2.24) is 4.90 Å². The maximum atomic E-state index is 13.0. The van der Waals surface area contributed by atoms with E-state index < -0.39 is 23.7 Å². The second-order valence-electron chi connectivity index (χ2n) is 9.63. The first kappa shape index (κ1) is 28.8. The topological polar surface area (TPSA) is 163 Å². The summed E-state index contributed by atoms with van der Waals surface area (Å²) in [7, 11) is 0. The van der Waals surface area contributed by atoms with Gasteiger partial charge in [0.15, 0.2) is 6.61 Å². The summed E-state index contributed by atoms with van der Waals surface area (Å²) in [4.78, 5) is 66.9.